The summed E-state index contributed by atoms with van der Waals surface area (Å²) in [5.41, 5.74) is 0.624. The summed E-state index contributed by atoms with van der Waals surface area (Å²) in [6.45, 7) is 0.167. The van der Waals surface area contributed by atoms with Crippen LogP contribution in [0.5, 0.6) is 17.2 Å². The van der Waals surface area contributed by atoms with Crippen LogP contribution in [0.2, 0.25) is 0 Å². The molecule has 0 atom stereocenters. The van der Waals surface area contributed by atoms with E-state index >= 15 is 0 Å². The SMILES string of the molecule is COc1ccc(S(=O)(=O)Oc2cc(CN(C(=O)c3ccccc3F)C3CC3)ccc2OC)cc1. The Labute approximate surface area is 197 Å². The molecule has 178 valence electrons. The summed E-state index contributed by atoms with van der Waals surface area (Å²) in [4.78, 5) is 14.6. The largest absolute Gasteiger partial charge is 0.497 e. The predicted octanol–water partition coefficient (Wildman–Crippen LogP) is 4.42. The number of halogens is 1. The quantitative estimate of drug-likeness (QED) is 0.418. The van der Waals surface area contributed by atoms with E-state index in [0.717, 1.165) is 12.8 Å². The molecule has 1 aliphatic rings. The zero-order valence-electron chi connectivity index (χ0n) is 18.7. The van der Waals surface area contributed by atoms with E-state index in [9.17, 15) is 17.6 Å². The van der Waals surface area contributed by atoms with Crippen molar-refractivity contribution in [1.82, 2.24) is 4.90 Å². The molecule has 1 saturated carbocycles. The van der Waals surface area contributed by atoms with Crippen molar-refractivity contribution in [2.24, 2.45) is 0 Å². The number of benzene rings is 3. The number of carbonyl (C=O) groups excluding carboxylic acids is 1. The van der Waals surface area contributed by atoms with Gasteiger partial charge in [0.2, 0.25) is 0 Å². The molecule has 34 heavy (non-hydrogen) atoms. The lowest BCUT2D eigenvalue weighted by atomic mass is 10.1. The predicted molar refractivity (Wildman–Crippen MR) is 123 cm³/mol. The van der Waals surface area contributed by atoms with Crippen LogP contribution in [0, 0.1) is 5.82 Å². The Morgan fingerprint density at radius 1 is 0.971 bits per heavy atom. The molecule has 0 saturated heterocycles. The molecule has 1 fully saturated rings. The second kappa shape index (κ2) is 9.72. The van der Waals surface area contributed by atoms with E-state index in [1.165, 1.54) is 62.8 Å². The molecule has 0 unspecified atom stereocenters. The van der Waals surface area contributed by atoms with Crippen LogP contribution in [0.4, 0.5) is 4.39 Å². The van der Waals surface area contributed by atoms with E-state index < -0.39 is 21.8 Å². The molecule has 1 amide bonds. The molecule has 1 aliphatic carbocycles. The van der Waals surface area contributed by atoms with Crippen LogP contribution in [0.1, 0.15) is 28.8 Å². The fourth-order valence-electron chi connectivity index (χ4n) is 3.53. The summed E-state index contributed by atoms with van der Waals surface area (Å²) in [6.07, 6.45) is 1.65. The van der Waals surface area contributed by atoms with Crippen molar-refractivity contribution in [3.63, 3.8) is 0 Å². The lowest BCUT2D eigenvalue weighted by Gasteiger charge is -2.23. The van der Waals surface area contributed by atoms with Gasteiger partial charge in [0.1, 0.15) is 16.5 Å². The van der Waals surface area contributed by atoms with Crippen molar-refractivity contribution < 1.29 is 31.3 Å². The van der Waals surface area contributed by atoms with Gasteiger partial charge in [0.05, 0.1) is 19.8 Å². The zero-order valence-corrected chi connectivity index (χ0v) is 19.5. The second-order valence-corrected chi connectivity index (χ2v) is 9.39. The lowest BCUT2D eigenvalue weighted by molar-refractivity contribution is 0.0725. The van der Waals surface area contributed by atoms with Crippen LogP contribution in [-0.2, 0) is 16.7 Å². The first-order valence-electron chi connectivity index (χ1n) is 10.6. The van der Waals surface area contributed by atoms with Crippen molar-refractivity contribution in [1.29, 1.82) is 0 Å². The standard InChI is InChI=1S/C25H24FNO6S/c1-31-19-10-12-20(13-11-19)34(29,30)33-24-15-17(7-14-23(24)32-2)16-27(18-8-9-18)25(28)21-5-3-4-6-22(21)26/h3-7,10-15,18H,8-9,16H2,1-2H3. The van der Waals surface area contributed by atoms with E-state index in [-0.39, 0.29) is 34.5 Å². The highest BCUT2D eigenvalue weighted by Crippen LogP contribution is 2.34. The topological polar surface area (TPSA) is 82.1 Å². The summed E-state index contributed by atoms with van der Waals surface area (Å²) in [5, 5.41) is 0. The van der Waals surface area contributed by atoms with Crippen LogP contribution >= 0.6 is 0 Å². The minimum atomic E-state index is -4.15. The Morgan fingerprint density at radius 3 is 2.29 bits per heavy atom. The van der Waals surface area contributed by atoms with E-state index in [1.807, 2.05) is 0 Å². The number of methoxy groups -OCH3 is 2. The van der Waals surface area contributed by atoms with Crippen molar-refractivity contribution in [2.45, 2.75) is 30.3 Å². The first-order chi connectivity index (χ1) is 16.3. The van der Waals surface area contributed by atoms with Crippen LogP contribution < -0.4 is 13.7 Å². The van der Waals surface area contributed by atoms with Gasteiger partial charge in [0, 0.05) is 12.6 Å². The lowest BCUT2D eigenvalue weighted by Crippen LogP contribution is -2.33. The minimum Gasteiger partial charge on any atom is -0.497 e. The fraction of sp³-hybridized carbons (Fsp3) is 0.240. The van der Waals surface area contributed by atoms with Crippen LogP contribution in [-0.4, -0.2) is 39.5 Å². The smallest absolute Gasteiger partial charge is 0.339 e. The van der Waals surface area contributed by atoms with Crippen molar-refractivity contribution in [3.05, 3.63) is 83.7 Å². The summed E-state index contributed by atoms with van der Waals surface area (Å²) < 4.78 is 55.6. The third-order valence-corrected chi connectivity index (χ3v) is 6.73. The molecule has 3 aromatic carbocycles. The first-order valence-corrected chi connectivity index (χ1v) is 12.0. The van der Waals surface area contributed by atoms with Gasteiger partial charge >= 0.3 is 10.1 Å². The highest BCUT2D eigenvalue weighted by molar-refractivity contribution is 7.87. The van der Waals surface area contributed by atoms with Crippen molar-refractivity contribution in [2.75, 3.05) is 14.2 Å². The molecule has 0 spiro atoms. The third kappa shape index (κ3) is 5.14. The van der Waals surface area contributed by atoms with Crippen LogP contribution in [0.25, 0.3) is 0 Å². The molecule has 9 heteroatoms. The maximum atomic E-state index is 14.2. The first kappa shape index (κ1) is 23.6. The molecule has 3 aromatic rings. The zero-order chi connectivity index (χ0) is 24.3. The molecule has 4 rings (SSSR count). The number of amides is 1. The molecule has 0 bridgehead atoms. The number of ether oxygens (including phenoxy) is 2. The number of nitrogens with zero attached hydrogens (tertiary/aromatic N) is 1. The van der Waals surface area contributed by atoms with Gasteiger partial charge in [0.15, 0.2) is 11.5 Å². The summed E-state index contributed by atoms with van der Waals surface area (Å²) >= 11 is 0. The molecule has 0 aromatic heterocycles. The Morgan fingerprint density at radius 2 is 1.68 bits per heavy atom. The van der Waals surface area contributed by atoms with E-state index in [4.69, 9.17) is 13.7 Å². The van der Waals surface area contributed by atoms with Crippen LogP contribution in [0.15, 0.2) is 71.6 Å². The van der Waals surface area contributed by atoms with Crippen molar-refractivity contribution >= 4 is 16.0 Å². The molecule has 0 aliphatic heterocycles. The van der Waals surface area contributed by atoms with Gasteiger partial charge in [-0.25, -0.2) is 4.39 Å². The van der Waals surface area contributed by atoms with Gasteiger partial charge in [-0.05, 0) is 66.9 Å². The number of hydrogen-bond donors (Lipinski definition) is 0. The molecular formula is C25H24FNO6S. The van der Waals surface area contributed by atoms with E-state index in [1.54, 1.807) is 23.1 Å². The molecule has 0 radical (unpaired) electrons. The van der Waals surface area contributed by atoms with Gasteiger partial charge in [-0.1, -0.05) is 18.2 Å². The Hall–Kier alpha value is -3.59. The molecule has 7 nitrogen and oxygen atoms in total. The van der Waals surface area contributed by atoms with E-state index in [0.29, 0.717) is 11.3 Å². The third-order valence-electron chi connectivity index (χ3n) is 5.48. The average Bonchev–Trinajstić information content (AvgIpc) is 3.68. The van der Waals surface area contributed by atoms with Gasteiger partial charge in [-0.15, -0.1) is 0 Å². The minimum absolute atomic E-state index is 0.00136. The number of hydrogen-bond acceptors (Lipinski definition) is 6. The Kier molecular flexibility index (Phi) is 6.74. The highest BCUT2D eigenvalue weighted by Gasteiger charge is 2.34. The van der Waals surface area contributed by atoms with Gasteiger partial charge in [-0.2, -0.15) is 8.42 Å². The van der Waals surface area contributed by atoms with Gasteiger partial charge < -0.3 is 18.6 Å². The number of rotatable bonds is 9. The second-order valence-electron chi connectivity index (χ2n) is 7.84. The fourth-order valence-corrected chi connectivity index (χ4v) is 4.46. The summed E-state index contributed by atoms with van der Waals surface area (Å²) in [7, 11) is -1.26. The van der Waals surface area contributed by atoms with Crippen molar-refractivity contribution in [3.8, 4) is 17.2 Å². The molecule has 0 N–H and O–H groups in total. The summed E-state index contributed by atoms with van der Waals surface area (Å²) in [5.74, 6) is -0.269. The maximum Gasteiger partial charge on any atom is 0.339 e. The normalized spacial score (nSPS) is 13.3. The van der Waals surface area contributed by atoms with Crippen LogP contribution in [0.3, 0.4) is 0 Å². The van der Waals surface area contributed by atoms with E-state index in [2.05, 4.69) is 0 Å². The average molecular weight is 486 g/mol. The maximum absolute atomic E-state index is 14.2. The Bertz CT molecular complexity index is 1290. The van der Waals surface area contributed by atoms with Gasteiger partial charge in [0.25, 0.3) is 5.91 Å². The highest BCUT2D eigenvalue weighted by atomic mass is 32.2. The summed E-state index contributed by atoms with van der Waals surface area (Å²) in [6, 6.07) is 16.5. The Balaban J connectivity index is 1.60. The number of carbonyl (C=O) groups is 1. The monoisotopic (exact) mass is 485 g/mol. The molecular weight excluding hydrogens is 461 g/mol. The molecule has 0 heterocycles. The van der Waals surface area contributed by atoms with Gasteiger partial charge in [-0.3, -0.25) is 4.79 Å².